The normalized spacial score (nSPS) is 10.5. The Balaban J connectivity index is 1.41. The molecule has 4 rings (SSSR count). The molecule has 4 aromatic rings. The van der Waals surface area contributed by atoms with E-state index in [2.05, 4.69) is 21.2 Å². The van der Waals surface area contributed by atoms with Crippen molar-refractivity contribution in [3.05, 3.63) is 89.9 Å². The van der Waals surface area contributed by atoms with E-state index >= 15 is 0 Å². The van der Waals surface area contributed by atoms with Crippen LogP contribution < -0.4 is 25.6 Å². The summed E-state index contributed by atoms with van der Waals surface area (Å²) >= 11 is 0. The van der Waals surface area contributed by atoms with Crippen LogP contribution in [-0.2, 0) is 11.2 Å². The van der Waals surface area contributed by atoms with E-state index in [1.54, 1.807) is 62.9 Å². The van der Waals surface area contributed by atoms with Gasteiger partial charge < -0.3 is 14.8 Å². The number of methoxy groups -OCH3 is 2. The largest absolute Gasteiger partial charge is 0.493 e. The fraction of sp³-hybridized carbons (Fsp3) is 0.115. The maximum atomic E-state index is 13.7. The van der Waals surface area contributed by atoms with Gasteiger partial charge in [0, 0.05) is 34.6 Å². The number of nitrogens with one attached hydrogen (secondary N) is 3. The molecule has 9 heteroatoms. The summed E-state index contributed by atoms with van der Waals surface area (Å²) in [6, 6.07) is 18.2. The van der Waals surface area contributed by atoms with Crippen molar-refractivity contribution in [1.29, 1.82) is 0 Å². The number of ether oxygens (including phenoxy) is 2. The number of hydrazine groups is 1. The van der Waals surface area contributed by atoms with Crippen molar-refractivity contribution in [2.75, 3.05) is 19.5 Å². The molecule has 35 heavy (non-hydrogen) atoms. The standard InChI is InChI=1S/C26H23FN4O4/c1-34-23-14-19-21(11-12-28-22(19)15-24(23)35-2)29-18-9-7-16(8-10-18)26(33)31-30-25(32)13-17-5-3-4-6-20(17)27/h3-12,14-15H,13H2,1-2H3,(H,28,29)(H,30,32)(H,31,33). The van der Waals surface area contributed by atoms with E-state index in [9.17, 15) is 14.0 Å². The Hall–Kier alpha value is -4.66. The number of anilines is 2. The monoisotopic (exact) mass is 474 g/mol. The van der Waals surface area contributed by atoms with Gasteiger partial charge in [-0.05, 0) is 48.0 Å². The van der Waals surface area contributed by atoms with Gasteiger partial charge in [-0.1, -0.05) is 18.2 Å². The minimum absolute atomic E-state index is 0.188. The average Bonchev–Trinajstić information content (AvgIpc) is 2.88. The zero-order valence-corrected chi connectivity index (χ0v) is 19.1. The lowest BCUT2D eigenvalue weighted by Crippen LogP contribution is -2.42. The molecule has 0 fully saturated rings. The van der Waals surface area contributed by atoms with E-state index in [4.69, 9.17) is 9.47 Å². The summed E-state index contributed by atoms with van der Waals surface area (Å²) in [7, 11) is 3.14. The number of amides is 2. The summed E-state index contributed by atoms with van der Waals surface area (Å²) in [6.07, 6.45) is 1.49. The van der Waals surface area contributed by atoms with Crippen LogP contribution in [0.3, 0.4) is 0 Å². The molecule has 178 valence electrons. The van der Waals surface area contributed by atoms with Crippen LogP contribution in [0, 0.1) is 5.82 Å². The maximum absolute atomic E-state index is 13.7. The average molecular weight is 474 g/mol. The molecule has 8 nitrogen and oxygen atoms in total. The predicted octanol–water partition coefficient (Wildman–Crippen LogP) is 4.14. The van der Waals surface area contributed by atoms with Crippen LogP contribution in [0.25, 0.3) is 10.9 Å². The van der Waals surface area contributed by atoms with E-state index in [0.29, 0.717) is 17.1 Å². The second kappa shape index (κ2) is 10.5. The quantitative estimate of drug-likeness (QED) is 0.348. The zero-order valence-electron chi connectivity index (χ0n) is 19.1. The molecule has 1 heterocycles. The number of aromatic nitrogens is 1. The Labute approximate surface area is 201 Å². The molecule has 0 saturated heterocycles. The summed E-state index contributed by atoms with van der Waals surface area (Å²) in [5, 5.41) is 4.15. The summed E-state index contributed by atoms with van der Waals surface area (Å²) in [5.41, 5.74) is 7.50. The van der Waals surface area contributed by atoms with Gasteiger partial charge in [0.2, 0.25) is 5.91 Å². The first kappa shape index (κ1) is 23.5. The minimum Gasteiger partial charge on any atom is -0.493 e. The Morgan fingerprint density at radius 1 is 0.914 bits per heavy atom. The third kappa shape index (κ3) is 5.47. The third-order valence-corrected chi connectivity index (χ3v) is 5.30. The second-order valence-electron chi connectivity index (χ2n) is 7.56. The predicted molar refractivity (Wildman–Crippen MR) is 130 cm³/mol. The van der Waals surface area contributed by atoms with E-state index in [-0.39, 0.29) is 12.0 Å². The van der Waals surface area contributed by atoms with Crippen LogP contribution >= 0.6 is 0 Å². The number of rotatable bonds is 7. The number of pyridine rings is 1. The molecule has 0 aliphatic heterocycles. The first-order valence-corrected chi connectivity index (χ1v) is 10.7. The molecule has 2 amide bonds. The number of hydrogen-bond donors (Lipinski definition) is 3. The molecule has 0 radical (unpaired) electrons. The van der Waals surface area contributed by atoms with Crippen molar-refractivity contribution in [1.82, 2.24) is 15.8 Å². The summed E-state index contributed by atoms with van der Waals surface area (Å²) in [5.74, 6) is -0.333. The van der Waals surface area contributed by atoms with E-state index in [1.807, 2.05) is 12.1 Å². The summed E-state index contributed by atoms with van der Waals surface area (Å²) in [6.45, 7) is 0. The number of nitrogens with zero attached hydrogens (tertiary/aromatic N) is 1. The molecular weight excluding hydrogens is 451 g/mol. The highest BCUT2D eigenvalue weighted by molar-refractivity contribution is 5.97. The number of carbonyl (C=O) groups is 2. The lowest BCUT2D eigenvalue weighted by Gasteiger charge is -2.13. The van der Waals surface area contributed by atoms with Crippen LogP contribution in [0.15, 0.2) is 72.9 Å². The molecule has 1 aromatic heterocycles. The van der Waals surface area contributed by atoms with Crippen LogP contribution in [0.4, 0.5) is 15.8 Å². The number of fused-ring (bicyclic) bond motifs is 1. The van der Waals surface area contributed by atoms with Crippen molar-refractivity contribution < 1.29 is 23.5 Å². The Morgan fingerprint density at radius 3 is 2.34 bits per heavy atom. The number of hydrogen-bond acceptors (Lipinski definition) is 6. The van der Waals surface area contributed by atoms with Crippen LogP contribution in [-0.4, -0.2) is 31.0 Å². The van der Waals surface area contributed by atoms with Gasteiger partial charge in [0.05, 0.1) is 26.2 Å². The van der Waals surface area contributed by atoms with Crippen molar-refractivity contribution in [3.63, 3.8) is 0 Å². The molecular formula is C26H23FN4O4. The number of benzene rings is 3. The topological polar surface area (TPSA) is 102 Å². The van der Waals surface area contributed by atoms with Crippen LogP contribution in [0.2, 0.25) is 0 Å². The third-order valence-electron chi connectivity index (χ3n) is 5.30. The summed E-state index contributed by atoms with van der Waals surface area (Å²) < 4.78 is 24.4. The number of carbonyl (C=O) groups excluding carboxylic acids is 2. The van der Waals surface area contributed by atoms with Crippen LogP contribution in [0.5, 0.6) is 11.5 Å². The van der Waals surface area contributed by atoms with E-state index in [0.717, 1.165) is 22.3 Å². The van der Waals surface area contributed by atoms with E-state index < -0.39 is 17.6 Å². The molecule has 0 bridgehead atoms. The maximum Gasteiger partial charge on any atom is 0.269 e. The smallest absolute Gasteiger partial charge is 0.269 e. The van der Waals surface area contributed by atoms with Gasteiger partial charge >= 0.3 is 0 Å². The van der Waals surface area contributed by atoms with Gasteiger partial charge in [-0.2, -0.15) is 0 Å². The highest BCUT2D eigenvalue weighted by atomic mass is 19.1. The second-order valence-corrected chi connectivity index (χ2v) is 7.56. The van der Waals surface area contributed by atoms with Gasteiger partial charge in [-0.3, -0.25) is 25.4 Å². The molecule has 0 saturated carbocycles. The van der Waals surface area contributed by atoms with Crippen LogP contribution in [0.1, 0.15) is 15.9 Å². The highest BCUT2D eigenvalue weighted by Gasteiger charge is 2.12. The van der Waals surface area contributed by atoms with Crippen molar-refractivity contribution in [3.8, 4) is 11.5 Å². The first-order chi connectivity index (χ1) is 17.0. The Kier molecular flexibility index (Phi) is 7.06. The molecule has 0 aliphatic rings. The molecule has 3 aromatic carbocycles. The first-order valence-electron chi connectivity index (χ1n) is 10.7. The molecule has 0 aliphatic carbocycles. The Morgan fingerprint density at radius 2 is 1.63 bits per heavy atom. The SMILES string of the molecule is COc1cc2nccc(Nc3ccc(C(=O)NNC(=O)Cc4ccccc4F)cc3)c2cc1OC. The van der Waals surface area contributed by atoms with Gasteiger partial charge in [0.1, 0.15) is 5.82 Å². The highest BCUT2D eigenvalue weighted by Crippen LogP contribution is 2.35. The minimum atomic E-state index is -0.529. The van der Waals surface area contributed by atoms with Gasteiger partial charge in [-0.15, -0.1) is 0 Å². The van der Waals surface area contributed by atoms with Gasteiger partial charge in [-0.25, -0.2) is 4.39 Å². The van der Waals surface area contributed by atoms with Crippen molar-refractivity contribution in [2.45, 2.75) is 6.42 Å². The van der Waals surface area contributed by atoms with Crippen molar-refractivity contribution in [2.24, 2.45) is 0 Å². The fourth-order valence-corrected chi connectivity index (χ4v) is 3.50. The van der Waals surface area contributed by atoms with Crippen molar-refractivity contribution >= 4 is 34.1 Å². The molecule has 3 N–H and O–H groups in total. The molecule has 0 spiro atoms. The lowest BCUT2D eigenvalue weighted by molar-refractivity contribution is -0.121. The molecule has 0 unspecified atom stereocenters. The zero-order chi connectivity index (χ0) is 24.8. The summed E-state index contributed by atoms with van der Waals surface area (Å²) in [4.78, 5) is 28.8. The van der Waals surface area contributed by atoms with E-state index in [1.165, 1.54) is 12.1 Å². The van der Waals surface area contributed by atoms with Gasteiger partial charge in [0.15, 0.2) is 11.5 Å². The number of halogens is 1. The Bertz CT molecular complexity index is 1380. The molecule has 0 atom stereocenters. The lowest BCUT2D eigenvalue weighted by atomic mass is 10.1. The fourth-order valence-electron chi connectivity index (χ4n) is 3.50. The van der Waals surface area contributed by atoms with Gasteiger partial charge in [0.25, 0.3) is 5.91 Å².